The highest BCUT2D eigenvalue weighted by atomic mass is 16.2. The minimum Gasteiger partial charge on any atom is -0.342 e. The Labute approximate surface area is 132 Å². The Kier molecular flexibility index (Phi) is 4.52. The van der Waals surface area contributed by atoms with Crippen LogP contribution in [0.5, 0.6) is 0 Å². The van der Waals surface area contributed by atoms with Gasteiger partial charge in [0.1, 0.15) is 0 Å². The molecule has 0 unspecified atom stereocenters. The molecule has 1 aromatic heterocycles. The van der Waals surface area contributed by atoms with Gasteiger partial charge in [0.05, 0.1) is 6.42 Å². The number of benzene rings is 1. The monoisotopic (exact) mass is 294 g/mol. The van der Waals surface area contributed by atoms with Crippen LogP contribution >= 0.6 is 0 Å². The quantitative estimate of drug-likeness (QED) is 0.870. The number of likely N-dealkylation sites (tertiary alicyclic amines) is 1. The molecule has 1 saturated heterocycles. The number of amides is 1. The average molecular weight is 294 g/mol. The summed E-state index contributed by atoms with van der Waals surface area (Å²) < 4.78 is 0. The first-order valence-corrected chi connectivity index (χ1v) is 7.97. The van der Waals surface area contributed by atoms with Gasteiger partial charge >= 0.3 is 0 Å². The molecule has 1 aromatic carbocycles. The second-order valence-corrected chi connectivity index (χ2v) is 6.03. The predicted molar refractivity (Wildman–Crippen MR) is 87.7 cm³/mol. The van der Waals surface area contributed by atoms with Crippen molar-refractivity contribution < 1.29 is 4.79 Å². The van der Waals surface area contributed by atoms with Crippen molar-refractivity contribution in [2.75, 3.05) is 13.1 Å². The van der Waals surface area contributed by atoms with Crippen molar-refractivity contribution in [1.29, 1.82) is 0 Å². The molecule has 0 aliphatic carbocycles. The highest BCUT2D eigenvalue weighted by Gasteiger charge is 2.25. The zero-order chi connectivity index (χ0) is 15.4. The lowest BCUT2D eigenvalue weighted by Crippen LogP contribution is -2.40. The van der Waals surface area contributed by atoms with Crippen LogP contribution in [0.2, 0.25) is 0 Å². The maximum absolute atomic E-state index is 12.5. The standard InChI is InChI=1S/C19H22N2O/c1-15-7-2-3-10-18(15)16-8-6-12-21(14-16)19(22)13-17-9-4-5-11-20-17/h2-5,7,9-11,16H,6,8,12-14H2,1H3/t16-/m1/s1. The molecule has 1 atom stereocenters. The van der Waals surface area contributed by atoms with Crippen molar-refractivity contribution in [3.63, 3.8) is 0 Å². The zero-order valence-corrected chi connectivity index (χ0v) is 13.0. The molecule has 1 aliphatic heterocycles. The number of aromatic nitrogens is 1. The van der Waals surface area contributed by atoms with Crippen LogP contribution in [0.1, 0.15) is 35.6 Å². The first-order valence-electron chi connectivity index (χ1n) is 7.97. The Morgan fingerprint density at radius 2 is 2.05 bits per heavy atom. The van der Waals surface area contributed by atoms with Gasteiger partial charge in [0.15, 0.2) is 0 Å². The Hall–Kier alpha value is -2.16. The number of aryl methyl sites for hydroxylation is 1. The van der Waals surface area contributed by atoms with Crippen molar-refractivity contribution >= 4 is 5.91 Å². The molecular weight excluding hydrogens is 272 g/mol. The Balaban J connectivity index is 1.68. The fourth-order valence-corrected chi connectivity index (χ4v) is 3.27. The van der Waals surface area contributed by atoms with Crippen molar-refractivity contribution in [2.24, 2.45) is 0 Å². The lowest BCUT2D eigenvalue weighted by Gasteiger charge is -2.33. The van der Waals surface area contributed by atoms with Crippen molar-refractivity contribution in [1.82, 2.24) is 9.88 Å². The van der Waals surface area contributed by atoms with Crippen LogP contribution in [0.25, 0.3) is 0 Å². The maximum Gasteiger partial charge on any atom is 0.228 e. The topological polar surface area (TPSA) is 33.2 Å². The van der Waals surface area contributed by atoms with E-state index in [9.17, 15) is 4.79 Å². The fraction of sp³-hybridized carbons (Fsp3) is 0.368. The third kappa shape index (κ3) is 3.35. The first kappa shape index (κ1) is 14.8. The lowest BCUT2D eigenvalue weighted by molar-refractivity contribution is -0.131. The number of rotatable bonds is 3. The van der Waals surface area contributed by atoms with Gasteiger partial charge in [0.25, 0.3) is 0 Å². The summed E-state index contributed by atoms with van der Waals surface area (Å²) in [4.78, 5) is 18.8. The Morgan fingerprint density at radius 3 is 2.82 bits per heavy atom. The molecule has 2 heterocycles. The van der Waals surface area contributed by atoms with Crippen LogP contribution in [0.3, 0.4) is 0 Å². The summed E-state index contributed by atoms with van der Waals surface area (Å²) in [6.45, 7) is 3.86. The maximum atomic E-state index is 12.5. The minimum absolute atomic E-state index is 0.192. The number of hydrogen-bond acceptors (Lipinski definition) is 2. The number of pyridine rings is 1. The molecule has 22 heavy (non-hydrogen) atoms. The molecule has 0 spiro atoms. The van der Waals surface area contributed by atoms with E-state index >= 15 is 0 Å². The third-order valence-electron chi connectivity index (χ3n) is 4.46. The van der Waals surface area contributed by atoms with Gasteiger partial charge in [-0.05, 0) is 43.0 Å². The van der Waals surface area contributed by atoms with Crippen molar-refractivity contribution in [2.45, 2.75) is 32.1 Å². The lowest BCUT2D eigenvalue weighted by atomic mass is 9.88. The van der Waals surface area contributed by atoms with E-state index in [1.165, 1.54) is 11.1 Å². The summed E-state index contributed by atoms with van der Waals surface area (Å²) in [7, 11) is 0. The summed E-state index contributed by atoms with van der Waals surface area (Å²) >= 11 is 0. The Bertz CT molecular complexity index is 639. The number of nitrogens with zero attached hydrogens (tertiary/aromatic N) is 2. The van der Waals surface area contributed by atoms with E-state index < -0.39 is 0 Å². The average Bonchev–Trinajstić information content (AvgIpc) is 2.56. The van der Waals surface area contributed by atoms with E-state index in [1.54, 1.807) is 6.20 Å². The summed E-state index contributed by atoms with van der Waals surface area (Å²) in [6.07, 6.45) is 4.39. The van der Waals surface area contributed by atoms with Crippen molar-refractivity contribution in [3.8, 4) is 0 Å². The number of piperidine rings is 1. The number of carbonyl (C=O) groups excluding carboxylic acids is 1. The molecule has 1 fully saturated rings. The van der Waals surface area contributed by atoms with E-state index in [-0.39, 0.29) is 5.91 Å². The summed E-state index contributed by atoms with van der Waals surface area (Å²) in [5.41, 5.74) is 3.56. The van der Waals surface area contributed by atoms with E-state index in [1.807, 2.05) is 23.1 Å². The van der Waals surface area contributed by atoms with E-state index in [2.05, 4.69) is 36.2 Å². The van der Waals surface area contributed by atoms with E-state index in [0.717, 1.165) is 31.6 Å². The Morgan fingerprint density at radius 1 is 1.23 bits per heavy atom. The van der Waals surface area contributed by atoms with Crippen LogP contribution in [-0.4, -0.2) is 28.9 Å². The van der Waals surface area contributed by atoms with Crippen LogP contribution in [0.4, 0.5) is 0 Å². The van der Waals surface area contributed by atoms with Crippen LogP contribution in [-0.2, 0) is 11.2 Å². The van der Waals surface area contributed by atoms with Crippen LogP contribution < -0.4 is 0 Å². The molecule has 3 nitrogen and oxygen atoms in total. The van der Waals surface area contributed by atoms with E-state index in [4.69, 9.17) is 0 Å². The molecule has 1 amide bonds. The minimum atomic E-state index is 0.192. The molecule has 114 valence electrons. The number of hydrogen-bond donors (Lipinski definition) is 0. The first-order chi connectivity index (χ1) is 10.7. The molecule has 3 heteroatoms. The van der Waals surface area contributed by atoms with E-state index in [0.29, 0.717) is 12.3 Å². The fourth-order valence-electron chi connectivity index (χ4n) is 3.27. The highest BCUT2D eigenvalue weighted by molar-refractivity contribution is 5.78. The third-order valence-corrected chi connectivity index (χ3v) is 4.46. The smallest absolute Gasteiger partial charge is 0.228 e. The molecule has 0 N–H and O–H groups in total. The summed E-state index contributed by atoms with van der Waals surface area (Å²) in [5, 5.41) is 0. The SMILES string of the molecule is Cc1ccccc1[C@@H]1CCCN(C(=O)Cc2ccccn2)C1. The molecule has 0 bridgehead atoms. The van der Waals surface area contributed by atoms with Crippen LogP contribution in [0.15, 0.2) is 48.7 Å². The van der Waals surface area contributed by atoms with Gasteiger partial charge < -0.3 is 4.90 Å². The summed E-state index contributed by atoms with van der Waals surface area (Å²) in [6, 6.07) is 14.3. The van der Waals surface area contributed by atoms with Gasteiger partial charge in [-0.3, -0.25) is 9.78 Å². The molecule has 1 aliphatic rings. The largest absolute Gasteiger partial charge is 0.342 e. The van der Waals surface area contributed by atoms with Gasteiger partial charge in [-0.15, -0.1) is 0 Å². The number of carbonyl (C=O) groups is 1. The van der Waals surface area contributed by atoms with Gasteiger partial charge in [-0.1, -0.05) is 30.3 Å². The van der Waals surface area contributed by atoms with Crippen LogP contribution in [0, 0.1) is 6.92 Å². The van der Waals surface area contributed by atoms with Gasteiger partial charge in [0.2, 0.25) is 5.91 Å². The molecular formula is C19H22N2O. The zero-order valence-electron chi connectivity index (χ0n) is 13.0. The second kappa shape index (κ2) is 6.73. The van der Waals surface area contributed by atoms with Gasteiger partial charge in [-0.25, -0.2) is 0 Å². The molecule has 0 saturated carbocycles. The predicted octanol–water partition coefficient (Wildman–Crippen LogP) is 3.34. The van der Waals surface area contributed by atoms with Gasteiger partial charge in [-0.2, -0.15) is 0 Å². The molecule has 0 radical (unpaired) electrons. The normalized spacial score (nSPS) is 18.2. The molecule has 3 rings (SSSR count). The van der Waals surface area contributed by atoms with Gasteiger partial charge in [0, 0.05) is 30.9 Å². The van der Waals surface area contributed by atoms with Crippen molar-refractivity contribution in [3.05, 3.63) is 65.5 Å². The molecule has 2 aromatic rings. The second-order valence-electron chi connectivity index (χ2n) is 6.03. The summed E-state index contributed by atoms with van der Waals surface area (Å²) in [5.74, 6) is 0.652. The highest BCUT2D eigenvalue weighted by Crippen LogP contribution is 2.29.